The first kappa shape index (κ1) is 24.3. The molecule has 0 saturated heterocycles. The molecule has 8 nitrogen and oxygen atoms in total. The zero-order valence-corrected chi connectivity index (χ0v) is 15.5. The van der Waals surface area contributed by atoms with E-state index in [1.165, 1.54) is 0 Å². The first-order valence-electron chi connectivity index (χ1n) is 8.15. The summed E-state index contributed by atoms with van der Waals surface area (Å²) >= 11 is 0. The van der Waals surface area contributed by atoms with Gasteiger partial charge in [0, 0.05) is 0 Å². The highest BCUT2D eigenvalue weighted by molar-refractivity contribution is 7.73. The highest BCUT2D eigenvalue weighted by Gasteiger charge is 2.69. The normalized spacial score (nSPS) is 18.4. The lowest BCUT2D eigenvalue weighted by atomic mass is 9.98. The van der Waals surface area contributed by atoms with Crippen LogP contribution in [-0.2, 0) is 34.4 Å². The summed E-state index contributed by atoms with van der Waals surface area (Å²) < 4.78 is 104. The molecule has 1 unspecified atom stereocenters. The molecule has 0 spiro atoms. The molecule has 1 saturated carbocycles. The summed E-state index contributed by atoms with van der Waals surface area (Å²) in [7, 11) is -4.54. The number of carbonyl (C=O) groups excluding carboxylic acids is 2. The lowest BCUT2D eigenvalue weighted by Gasteiger charge is -2.33. The van der Waals surface area contributed by atoms with Crippen LogP contribution in [0.5, 0.6) is 0 Å². The molecule has 14 heteroatoms. The Morgan fingerprint density at radius 1 is 1.04 bits per heavy atom. The van der Waals surface area contributed by atoms with E-state index in [1.807, 2.05) is 0 Å². The summed E-state index contributed by atoms with van der Waals surface area (Å²) in [4.78, 5) is 23.6. The Morgan fingerprint density at radius 2 is 1.61 bits per heavy atom. The van der Waals surface area contributed by atoms with Crippen molar-refractivity contribution < 1.29 is 58.9 Å². The van der Waals surface area contributed by atoms with Crippen LogP contribution in [0.15, 0.2) is 0 Å². The molecule has 28 heavy (non-hydrogen) atoms. The van der Waals surface area contributed by atoms with Crippen LogP contribution >= 0.6 is 0 Å². The number of thiol groups is 1. The monoisotopic (exact) mass is 442 g/mol. The van der Waals surface area contributed by atoms with Gasteiger partial charge in [-0.25, -0.2) is 18.0 Å². The van der Waals surface area contributed by atoms with Gasteiger partial charge >= 0.3 is 29.3 Å². The number of halogens is 5. The van der Waals surface area contributed by atoms with Crippen molar-refractivity contribution in [3.63, 3.8) is 0 Å². The van der Waals surface area contributed by atoms with Gasteiger partial charge in [-0.1, -0.05) is 6.42 Å². The van der Waals surface area contributed by atoms with Gasteiger partial charge < -0.3 is 18.9 Å². The van der Waals surface area contributed by atoms with Gasteiger partial charge in [0.05, 0.1) is 6.61 Å². The van der Waals surface area contributed by atoms with Crippen molar-refractivity contribution in [2.75, 3.05) is 13.2 Å². The van der Waals surface area contributed by atoms with Gasteiger partial charge in [-0.05, 0) is 32.6 Å². The molecule has 1 aliphatic carbocycles. The molecule has 0 bridgehead atoms. The second kappa shape index (κ2) is 9.67. The van der Waals surface area contributed by atoms with E-state index < -0.39 is 59.4 Å². The lowest BCUT2D eigenvalue weighted by Crippen LogP contribution is -2.59. The van der Waals surface area contributed by atoms with E-state index in [4.69, 9.17) is 4.74 Å². The van der Waals surface area contributed by atoms with Crippen molar-refractivity contribution in [1.82, 2.24) is 0 Å². The molecule has 1 fully saturated rings. The number of esters is 1. The summed E-state index contributed by atoms with van der Waals surface area (Å²) in [6.45, 7) is -1.96. The Bertz CT molecular complexity index is 622. The fourth-order valence-electron chi connectivity index (χ4n) is 2.31. The van der Waals surface area contributed by atoms with Gasteiger partial charge in [-0.2, -0.15) is 22.0 Å². The van der Waals surface area contributed by atoms with Crippen molar-refractivity contribution in [2.45, 2.75) is 62.3 Å². The maximum absolute atomic E-state index is 13.5. The van der Waals surface area contributed by atoms with E-state index in [1.54, 1.807) is 0 Å². The fourth-order valence-corrected chi connectivity index (χ4v) is 2.48. The number of hydrogen-bond acceptors (Lipinski definition) is 8. The molecular formula is C14H19F5O8S. The van der Waals surface area contributed by atoms with Crippen molar-refractivity contribution >= 4 is 22.8 Å². The predicted octanol–water partition coefficient (Wildman–Crippen LogP) is 2.51. The maximum Gasteiger partial charge on any atom is 0.511 e. The van der Waals surface area contributed by atoms with Gasteiger partial charge in [0.1, 0.15) is 12.7 Å². The highest BCUT2D eigenvalue weighted by Crippen LogP contribution is 2.38. The molecule has 0 radical (unpaired) electrons. The molecule has 0 aromatic carbocycles. The number of alkyl halides is 5. The number of hydrogen-bond donors (Lipinski definition) is 1. The van der Waals surface area contributed by atoms with Crippen LogP contribution in [0.3, 0.4) is 0 Å². The predicted molar refractivity (Wildman–Crippen MR) is 81.1 cm³/mol. The van der Waals surface area contributed by atoms with Gasteiger partial charge in [0.15, 0.2) is 0 Å². The van der Waals surface area contributed by atoms with Crippen LogP contribution in [0.4, 0.5) is 26.7 Å². The average Bonchev–Trinajstić information content (AvgIpc) is 2.58. The van der Waals surface area contributed by atoms with E-state index in [0.717, 1.165) is 13.3 Å². The first-order valence-corrected chi connectivity index (χ1v) is 9.33. The van der Waals surface area contributed by atoms with Crippen LogP contribution in [-0.4, -0.2) is 57.1 Å². The Kier molecular flexibility index (Phi) is 8.41. The largest absolute Gasteiger partial charge is 0.511 e. The molecule has 1 aliphatic rings. The third-order valence-corrected chi connectivity index (χ3v) is 4.34. The van der Waals surface area contributed by atoms with Crippen LogP contribution in [0.25, 0.3) is 0 Å². The minimum absolute atomic E-state index is 0.336. The third kappa shape index (κ3) is 6.15. The van der Waals surface area contributed by atoms with Gasteiger partial charge in [0.25, 0.3) is 0 Å². The molecule has 0 N–H and O–H groups in total. The fraction of sp³-hybridized carbons (Fsp3) is 0.857. The summed E-state index contributed by atoms with van der Waals surface area (Å²) in [5.41, 5.74) is 0. The first-order chi connectivity index (χ1) is 12.9. The summed E-state index contributed by atoms with van der Waals surface area (Å²) in [5.74, 6) is -6.98. The van der Waals surface area contributed by atoms with Crippen molar-refractivity contribution in [1.29, 1.82) is 0 Å². The number of carbonyl (C=O) groups is 2. The Labute approximate surface area is 158 Å². The highest BCUT2D eigenvalue weighted by atomic mass is 32.2. The zero-order valence-electron chi connectivity index (χ0n) is 14.6. The number of rotatable bonds is 8. The Hall–Kier alpha value is -1.70. The minimum atomic E-state index is -5.88. The molecule has 1 rings (SSSR count). The van der Waals surface area contributed by atoms with Crippen LogP contribution in [0.2, 0.25) is 0 Å². The smallest absolute Gasteiger partial charge is 0.461 e. The standard InChI is InChI=1S/C14H19F5O8S/c1-2-24-10(20)13(14(17,18)19,25-8-12(15,16)28(22)23)27-11(21)26-9-6-4-3-5-7-9/h9,28H,2-8H2,1H3. The van der Waals surface area contributed by atoms with Crippen molar-refractivity contribution in [3.8, 4) is 0 Å². The zero-order chi connectivity index (χ0) is 21.6. The molecular weight excluding hydrogens is 423 g/mol. The quantitative estimate of drug-likeness (QED) is 0.265. The number of ether oxygens (including phenoxy) is 4. The maximum atomic E-state index is 13.5. The lowest BCUT2D eigenvalue weighted by molar-refractivity contribution is -0.359. The molecule has 1 atom stereocenters. The van der Waals surface area contributed by atoms with Crippen LogP contribution < -0.4 is 0 Å². The van der Waals surface area contributed by atoms with E-state index in [2.05, 4.69) is 14.2 Å². The minimum Gasteiger partial charge on any atom is -0.461 e. The van der Waals surface area contributed by atoms with E-state index in [0.29, 0.717) is 25.7 Å². The molecule has 0 aromatic heterocycles. The second-order valence-electron chi connectivity index (χ2n) is 5.78. The molecule has 0 aromatic rings. The summed E-state index contributed by atoms with van der Waals surface area (Å²) in [5, 5.41) is -4.77. The van der Waals surface area contributed by atoms with E-state index >= 15 is 0 Å². The molecule has 0 amide bonds. The molecule has 164 valence electrons. The van der Waals surface area contributed by atoms with Gasteiger partial charge in [0.2, 0.25) is 10.7 Å². The SMILES string of the molecule is CCOC(=O)C(OCC(F)(F)[SH](=O)=O)(OC(=O)OC1CCCCC1)C(F)(F)F. The van der Waals surface area contributed by atoms with E-state index in [-0.39, 0.29) is 0 Å². The van der Waals surface area contributed by atoms with Crippen LogP contribution in [0, 0.1) is 0 Å². The van der Waals surface area contributed by atoms with Crippen LogP contribution in [0.1, 0.15) is 39.0 Å². The van der Waals surface area contributed by atoms with E-state index in [9.17, 15) is 40.0 Å². The average molecular weight is 442 g/mol. The second-order valence-corrected chi connectivity index (χ2v) is 6.94. The van der Waals surface area contributed by atoms with Gasteiger partial charge in [-0.15, -0.1) is 0 Å². The third-order valence-electron chi connectivity index (χ3n) is 3.68. The molecule has 0 heterocycles. The summed E-state index contributed by atoms with van der Waals surface area (Å²) in [6, 6.07) is 0. The summed E-state index contributed by atoms with van der Waals surface area (Å²) in [6.07, 6.45) is -5.88. The Morgan fingerprint density at radius 3 is 2.07 bits per heavy atom. The van der Waals surface area contributed by atoms with Crippen molar-refractivity contribution in [2.24, 2.45) is 0 Å². The van der Waals surface area contributed by atoms with Crippen molar-refractivity contribution in [3.05, 3.63) is 0 Å². The topological polar surface area (TPSA) is 105 Å². The van der Waals surface area contributed by atoms with Gasteiger partial charge in [-0.3, -0.25) is 0 Å². The Balaban J connectivity index is 3.12. The molecule has 0 aliphatic heterocycles.